The lowest BCUT2D eigenvalue weighted by molar-refractivity contribution is 0.743. The summed E-state index contributed by atoms with van der Waals surface area (Å²) in [6.45, 7) is 1.99. The molecule has 3 rings (SSSR count). The van der Waals surface area contributed by atoms with Crippen LogP contribution in [0.4, 0.5) is 11.6 Å². The summed E-state index contributed by atoms with van der Waals surface area (Å²) >= 11 is 0. The number of H-pyrrole nitrogens is 1. The molecule has 86 valence electrons. The molecule has 0 atom stereocenters. The van der Waals surface area contributed by atoms with E-state index in [1.54, 1.807) is 10.9 Å². The second-order valence-electron chi connectivity index (χ2n) is 3.77. The van der Waals surface area contributed by atoms with E-state index in [0.717, 1.165) is 16.9 Å². The predicted molar refractivity (Wildman–Crippen MR) is 62.9 cm³/mol. The van der Waals surface area contributed by atoms with Gasteiger partial charge in [0.2, 0.25) is 0 Å². The highest BCUT2D eigenvalue weighted by molar-refractivity contribution is 5.87. The van der Waals surface area contributed by atoms with Crippen molar-refractivity contribution >= 4 is 22.7 Å². The molecule has 7 nitrogen and oxygen atoms in total. The summed E-state index contributed by atoms with van der Waals surface area (Å²) < 4.78 is 1.80. The Bertz CT molecular complexity index is 647. The van der Waals surface area contributed by atoms with Gasteiger partial charge in [0, 0.05) is 18.8 Å². The Balaban J connectivity index is 2.02. The molecule has 0 aliphatic heterocycles. The van der Waals surface area contributed by atoms with E-state index in [9.17, 15) is 0 Å². The standard InChI is InChI=1S/C10H11N7/c1-6-3-8(16-17(6)2)14-9-7-4-13-15-10(7)12-5-11-9/h3-5H,1-2H3,(H2,11,12,13,14,15,16). The quantitative estimate of drug-likeness (QED) is 0.688. The molecule has 3 heterocycles. The van der Waals surface area contributed by atoms with Gasteiger partial charge in [-0.2, -0.15) is 10.2 Å². The molecule has 0 aliphatic carbocycles. The van der Waals surface area contributed by atoms with Crippen LogP contribution in [0.15, 0.2) is 18.6 Å². The minimum Gasteiger partial charge on any atom is -0.323 e. The topological polar surface area (TPSA) is 84.3 Å². The molecule has 3 aromatic rings. The Morgan fingerprint density at radius 1 is 1.35 bits per heavy atom. The molecular weight excluding hydrogens is 218 g/mol. The zero-order valence-electron chi connectivity index (χ0n) is 9.47. The van der Waals surface area contributed by atoms with Gasteiger partial charge >= 0.3 is 0 Å². The van der Waals surface area contributed by atoms with Crippen molar-refractivity contribution in [3.05, 3.63) is 24.3 Å². The van der Waals surface area contributed by atoms with Gasteiger partial charge in [-0.1, -0.05) is 0 Å². The zero-order valence-corrected chi connectivity index (χ0v) is 9.47. The van der Waals surface area contributed by atoms with E-state index in [-0.39, 0.29) is 0 Å². The fourth-order valence-corrected chi connectivity index (χ4v) is 1.61. The van der Waals surface area contributed by atoms with E-state index in [1.807, 2.05) is 20.0 Å². The summed E-state index contributed by atoms with van der Waals surface area (Å²) in [7, 11) is 1.90. The van der Waals surface area contributed by atoms with Gasteiger partial charge in [0.15, 0.2) is 11.5 Å². The lowest BCUT2D eigenvalue weighted by Crippen LogP contribution is -1.97. The summed E-state index contributed by atoms with van der Waals surface area (Å²) in [5.74, 6) is 1.45. The largest absolute Gasteiger partial charge is 0.323 e. The lowest BCUT2D eigenvalue weighted by Gasteiger charge is -2.01. The Kier molecular flexibility index (Phi) is 2.04. The average Bonchev–Trinajstić information content (AvgIpc) is 2.87. The molecule has 0 saturated heterocycles. The van der Waals surface area contributed by atoms with Crippen molar-refractivity contribution in [2.45, 2.75) is 6.92 Å². The summed E-state index contributed by atoms with van der Waals surface area (Å²) in [5.41, 5.74) is 1.78. The van der Waals surface area contributed by atoms with Crippen LogP contribution >= 0.6 is 0 Å². The van der Waals surface area contributed by atoms with Crippen molar-refractivity contribution in [3.8, 4) is 0 Å². The van der Waals surface area contributed by atoms with Crippen molar-refractivity contribution in [3.63, 3.8) is 0 Å². The van der Waals surface area contributed by atoms with Crippen LogP contribution in [0.2, 0.25) is 0 Å². The van der Waals surface area contributed by atoms with E-state index in [2.05, 4.69) is 30.6 Å². The fraction of sp³-hybridized carbons (Fsp3) is 0.200. The number of hydrogen-bond donors (Lipinski definition) is 2. The number of fused-ring (bicyclic) bond motifs is 1. The van der Waals surface area contributed by atoms with Crippen LogP contribution in [0.5, 0.6) is 0 Å². The molecule has 0 unspecified atom stereocenters. The van der Waals surface area contributed by atoms with Crippen LogP contribution in [-0.4, -0.2) is 29.9 Å². The monoisotopic (exact) mass is 229 g/mol. The maximum atomic E-state index is 4.31. The molecule has 17 heavy (non-hydrogen) atoms. The maximum Gasteiger partial charge on any atom is 0.160 e. The number of rotatable bonds is 2. The van der Waals surface area contributed by atoms with Crippen LogP contribution in [0.3, 0.4) is 0 Å². The Morgan fingerprint density at radius 3 is 3.00 bits per heavy atom. The maximum absolute atomic E-state index is 4.31. The van der Waals surface area contributed by atoms with Crippen LogP contribution in [-0.2, 0) is 7.05 Å². The number of nitrogens with one attached hydrogen (secondary N) is 2. The Labute approximate surface area is 96.9 Å². The normalized spacial score (nSPS) is 10.9. The van der Waals surface area contributed by atoms with Crippen molar-refractivity contribution in [2.75, 3.05) is 5.32 Å². The molecule has 0 amide bonds. The molecular formula is C10H11N7. The highest BCUT2D eigenvalue weighted by atomic mass is 15.3. The van der Waals surface area contributed by atoms with Gasteiger partial charge in [-0.05, 0) is 6.92 Å². The van der Waals surface area contributed by atoms with Crippen molar-refractivity contribution < 1.29 is 0 Å². The molecule has 0 radical (unpaired) electrons. The SMILES string of the molecule is Cc1cc(Nc2ncnc3[nH]ncc23)nn1C. The van der Waals surface area contributed by atoms with E-state index in [0.29, 0.717) is 11.5 Å². The molecule has 0 aromatic carbocycles. The van der Waals surface area contributed by atoms with Crippen molar-refractivity contribution in [2.24, 2.45) is 7.05 Å². The lowest BCUT2D eigenvalue weighted by atomic mass is 10.4. The third kappa shape index (κ3) is 1.61. The average molecular weight is 229 g/mol. The minimum absolute atomic E-state index is 0.696. The van der Waals surface area contributed by atoms with Gasteiger partial charge < -0.3 is 5.32 Å². The molecule has 2 N–H and O–H groups in total. The molecule has 0 bridgehead atoms. The van der Waals surface area contributed by atoms with Gasteiger partial charge in [-0.25, -0.2) is 9.97 Å². The van der Waals surface area contributed by atoms with Crippen LogP contribution in [0.25, 0.3) is 11.0 Å². The summed E-state index contributed by atoms with van der Waals surface area (Å²) in [6, 6.07) is 1.95. The van der Waals surface area contributed by atoms with Gasteiger partial charge in [0.25, 0.3) is 0 Å². The van der Waals surface area contributed by atoms with Crippen molar-refractivity contribution in [1.82, 2.24) is 29.9 Å². The first kappa shape index (κ1) is 9.76. The van der Waals surface area contributed by atoms with Gasteiger partial charge in [-0.3, -0.25) is 9.78 Å². The number of aromatic nitrogens is 6. The fourth-order valence-electron chi connectivity index (χ4n) is 1.61. The number of anilines is 2. The molecule has 3 aromatic heterocycles. The van der Waals surface area contributed by atoms with E-state index < -0.39 is 0 Å². The molecule has 0 aliphatic rings. The summed E-state index contributed by atoms with van der Waals surface area (Å²) in [4.78, 5) is 8.25. The number of aryl methyl sites for hydroxylation is 2. The van der Waals surface area contributed by atoms with Gasteiger partial charge in [-0.15, -0.1) is 0 Å². The van der Waals surface area contributed by atoms with Crippen LogP contribution in [0, 0.1) is 6.92 Å². The first-order valence-corrected chi connectivity index (χ1v) is 5.16. The Hall–Kier alpha value is -2.44. The second-order valence-corrected chi connectivity index (χ2v) is 3.77. The van der Waals surface area contributed by atoms with Gasteiger partial charge in [0.05, 0.1) is 11.6 Å². The predicted octanol–water partition coefficient (Wildman–Crippen LogP) is 1.14. The molecule has 0 fully saturated rings. The smallest absolute Gasteiger partial charge is 0.160 e. The first-order chi connectivity index (χ1) is 8.24. The first-order valence-electron chi connectivity index (χ1n) is 5.16. The van der Waals surface area contributed by atoms with Crippen LogP contribution < -0.4 is 5.32 Å². The zero-order chi connectivity index (χ0) is 11.8. The molecule has 0 saturated carbocycles. The van der Waals surface area contributed by atoms with Crippen molar-refractivity contribution in [1.29, 1.82) is 0 Å². The third-order valence-electron chi connectivity index (χ3n) is 2.61. The van der Waals surface area contributed by atoms with E-state index >= 15 is 0 Å². The van der Waals surface area contributed by atoms with E-state index in [4.69, 9.17) is 0 Å². The van der Waals surface area contributed by atoms with Gasteiger partial charge in [0.1, 0.15) is 12.1 Å². The minimum atomic E-state index is 0.696. The number of nitrogens with zero attached hydrogens (tertiary/aromatic N) is 5. The Morgan fingerprint density at radius 2 is 2.24 bits per heavy atom. The highest BCUT2D eigenvalue weighted by Gasteiger charge is 2.07. The highest BCUT2D eigenvalue weighted by Crippen LogP contribution is 2.20. The summed E-state index contributed by atoms with van der Waals surface area (Å²) in [5, 5.41) is 15.0. The third-order valence-corrected chi connectivity index (χ3v) is 2.61. The number of hydrogen-bond acceptors (Lipinski definition) is 5. The second kappa shape index (κ2) is 3.55. The van der Waals surface area contributed by atoms with E-state index in [1.165, 1.54) is 6.33 Å². The van der Waals surface area contributed by atoms with Crippen LogP contribution in [0.1, 0.15) is 5.69 Å². The summed E-state index contributed by atoms with van der Waals surface area (Å²) in [6.07, 6.45) is 3.17. The number of aromatic amines is 1. The molecule has 0 spiro atoms. The molecule has 7 heteroatoms.